The third-order valence-corrected chi connectivity index (χ3v) is 10.3. The standard InChI is InChI=1S/C41H69O3P/c1-5-7-9-11-13-15-17-19-21-23-30-36-42-45(43-37-31-24-22-20-18-16-14-12-10-8-6-2)44-40-35-29-28-34-39(40)41(3,4)38-32-26-25-27-33-38/h25-29,32-35H,5-24,30-31,36-37H2,1-4H3. The highest BCUT2D eigenvalue weighted by molar-refractivity contribution is 7.42. The molecule has 0 bridgehead atoms. The molecule has 0 radical (unpaired) electrons. The van der Waals surface area contributed by atoms with Crippen molar-refractivity contribution < 1.29 is 13.6 Å². The van der Waals surface area contributed by atoms with E-state index in [9.17, 15) is 0 Å². The van der Waals surface area contributed by atoms with Crippen molar-refractivity contribution in [2.45, 2.75) is 174 Å². The second kappa shape index (κ2) is 26.6. The van der Waals surface area contributed by atoms with Crippen LogP contribution in [0.1, 0.15) is 180 Å². The summed E-state index contributed by atoms with van der Waals surface area (Å²) in [6, 6.07) is 19.1. The van der Waals surface area contributed by atoms with E-state index in [1.54, 1.807) is 0 Å². The van der Waals surface area contributed by atoms with Gasteiger partial charge in [-0.2, -0.15) is 0 Å². The van der Waals surface area contributed by atoms with Crippen LogP contribution in [-0.2, 0) is 14.5 Å². The second-order valence-electron chi connectivity index (χ2n) is 13.5. The smallest absolute Gasteiger partial charge is 0.397 e. The minimum Gasteiger partial charge on any atom is -0.426 e. The van der Waals surface area contributed by atoms with Crippen LogP contribution in [0.2, 0.25) is 0 Å². The normalized spacial score (nSPS) is 11.8. The van der Waals surface area contributed by atoms with Crippen LogP contribution in [0.4, 0.5) is 0 Å². The minimum absolute atomic E-state index is 0.190. The average molecular weight is 641 g/mol. The molecule has 0 heterocycles. The largest absolute Gasteiger partial charge is 0.426 e. The molecule has 0 atom stereocenters. The molecule has 4 heteroatoms. The van der Waals surface area contributed by atoms with Crippen LogP contribution in [0.15, 0.2) is 54.6 Å². The Bertz CT molecular complexity index is 903. The lowest BCUT2D eigenvalue weighted by Gasteiger charge is -2.29. The molecule has 0 spiro atoms. The number of para-hydroxylation sites is 1. The topological polar surface area (TPSA) is 27.7 Å². The molecule has 0 fully saturated rings. The molecular weight excluding hydrogens is 571 g/mol. The molecule has 0 aliphatic carbocycles. The average Bonchev–Trinajstić information content (AvgIpc) is 3.06. The van der Waals surface area contributed by atoms with Crippen molar-refractivity contribution in [2.75, 3.05) is 13.2 Å². The summed E-state index contributed by atoms with van der Waals surface area (Å²) < 4.78 is 19.2. The van der Waals surface area contributed by atoms with Gasteiger partial charge < -0.3 is 13.6 Å². The Labute approximate surface area is 280 Å². The van der Waals surface area contributed by atoms with Gasteiger partial charge >= 0.3 is 8.60 Å². The van der Waals surface area contributed by atoms with Crippen molar-refractivity contribution in [2.24, 2.45) is 0 Å². The highest BCUT2D eigenvalue weighted by Gasteiger charge is 2.28. The summed E-state index contributed by atoms with van der Waals surface area (Å²) in [7, 11) is -1.44. The molecule has 0 aromatic heterocycles. The Morgan fingerprint density at radius 2 is 0.844 bits per heavy atom. The summed E-state index contributed by atoms with van der Waals surface area (Å²) in [6.45, 7) is 10.5. The van der Waals surface area contributed by atoms with Crippen molar-refractivity contribution >= 4 is 8.60 Å². The van der Waals surface area contributed by atoms with Crippen LogP contribution in [-0.4, -0.2) is 13.2 Å². The van der Waals surface area contributed by atoms with E-state index in [1.807, 2.05) is 0 Å². The third kappa shape index (κ3) is 18.5. The molecule has 2 rings (SSSR count). The maximum Gasteiger partial charge on any atom is 0.397 e. The van der Waals surface area contributed by atoms with E-state index in [0.717, 1.165) is 18.6 Å². The summed E-state index contributed by atoms with van der Waals surface area (Å²) in [5.41, 5.74) is 2.25. The lowest BCUT2D eigenvalue weighted by atomic mass is 9.78. The molecule has 0 N–H and O–H groups in total. The highest BCUT2D eigenvalue weighted by atomic mass is 31.2. The van der Waals surface area contributed by atoms with Crippen molar-refractivity contribution in [3.63, 3.8) is 0 Å². The SMILES string of the molecule is CCCCCCCCCCCCCOP(OCCCCCCCCCCCCC)Oc1ccccc1C(C)(C)c1ccccc1. The van der Waals surface area contributed by atoms with Gasteiger partial charge in [-0.1, -0.05) is 205 Å². The number of unbranched alkanes of at least 4 members (excludes halogenated alkanes) is 20. The number of rotatable bonds is 30. The van der Waals surface area contributed by atoms with Gasteiger partial charge in [0.25, 0.3) is 0 Å². The zero-order valence-electron chi connectivity index (χ0n) is 29.8. The monoisotopic (exact) mass is 640 g/mol. The summed E-state index contributed by atoms with van der Waals surface area (Å²) in [6.07, 6.45) is 29.3. The van der Waals surface area contributed by atoms with Crippen LogP contribution in [0.5, 0.6) is 5.75 Å². The quantitative estimate of drug-likeness (QED) is 0.0628. The van der Waals surface area contributed by atoms with E-state index < -0.39 is 8.60 Å². The van der Waals surface area contributed by atoms with Gasteiger partial charge in [-0.3, -0.25) is 0 Å². The lowest BCUT2D eigenvalue weighted by molar-refractivity contribution is 0.198. The summed E-state index contributed by atoms with van der Waals surface area (Å²) in [4.78, 5) is 0. The molecule has 0 saturated heterocycles. The first kappa shape index (κ1) is 39.8. The fourth-order valence-electron chi connectivity index (χ4n) is 6.05. The van der Waals surface area contributed by atoms with Gasteiger partial charge in [0, 0.05) is 11.0 Å². The maximum absolute atomic E-state index is 6.57. The van der Waals surface area contributed by atoms with Crippen molar-refractivity contribution in [1.29, 1.82) is 0 Å². The Morgan fingerprint density at radius 1 is 0.467 bits per heavy atom. The molecule has 0 unspecified atom stereocenters. The molecular formula is C41H69O3P. The Morgan fingerprint density at radius 3 is 1.29 bits per heavy atom. The van der Waals surface area contributed by atoms with Crippen LogP contribution < -0.4 is 4.52 Å². The van der Waals surface area contributed by atoms with Crippen molar-refractivity contribution in [3.8, 4) is 5.75 Å². The zero-order valence-corrected chi connectivity index (χ0v) is 30.7. The molecule has 2 aromatic rings. The summed E-state index contributed by atoms with van der Waals surface area (Å²) >= 11 is 0. The first-order valence-corrected chi connectivity index (χ1v) is 20.1. The Kier molecular flexibility index (Phi) is 23.5. The number of hydrogen-bond donors (Lipinski definition) is 0. The fraction of sp³-hybridized carbons (Fsp3) is 0.707. The predicted octanol–water partition coefficient (Wildman–Crippen LogP) is 14.3. The van der Waals surface area contributed by atoms with Gasteiger partial charge in [0.05, 0.1) is 13.2 Å². The first-order valence-electron chi connectivity index (χ1n) is 19.0. The summed E-state index contributed by atoms with van der Waals surface area (Å²) in [5.74, 6) is 0.871. The molecule has 0 aliphatic heterocycles. The molecule has 3 nitrogen and oxygen atoms in total. The van der Waals surface area contributed by atoms with Gasteiger partial charge in [0.2, 0.25) is 0 Å². The van der Waals surface area contributed by atoms with E-state index in [-0.39, 0.29) is 5.41 Å². The van der Waals surface area contributed by atoms with E-state index in [1.165, 1.54) is 140 Å². The predicted molar refractivity (Wildman–Crippen MR) is 197 cm³/mol. The molecule has 2 aromatic carbocycles. The van der Waals surface area contributed by atoms with Gasteiger partial charge in [-0.25, -0.2) is 0 Å². The molecule has 0 aliphatic rings. The van der Waals surface area contributed by atoms with Gasteiger partial charge in [-0.15, -0.1) is 0 Å². The molecule has 45 heavy (non-hydrogen) atoms. The fourth-order valence-corrected chi connectivity index (χ4v) is 7.11. The molecule has 256 valence electrons. The minimum atomic E-state index is -1.44. The summed E-state index contributed by atoms with van der Waals surface area (Å²) in [5, 5.41) is 0. The van der Waals surface area contributed by atoms with E-state index in [0.29, 0.717) is 13.2 Å². The molecule has 0 amide bonds. The van der Waals surface area contributed by atoms with Gasteiger partial charge in [0.15, 0.2) is 0 Å². The van der Waals surface area contributed by atoms with Crippen LogP contribution in [0.3, 0.4) is 0 Å². The van der Waals surface area contributed by atoms with Crippen LogP contribution in [0.25, 0.3) is 0 Å². The van der Waals surface area contributed by atoms with Crippen molar-refractivity contribution in [1.82, 2.24) is 0 Å². The third-order valence-electron chi connectivity index (χ3n) is 9.12. The van der Waals surface area contributed by atoms with Crippen molar-refractivity contribution in [3.05, 3.63) is 65.7 Å². The second-order valence-corrected chi connectivity index (χ2v) is 14.7. The lowest BCUT2D eigenvalue weighted by Crippen LogP contribution is -2.19. The Hall–Kier alpha value is -1.41. The molecule has 0 saturated carbocycles. The van der Waals surface area contributed by atoms with Gasteiger partial charge in [-0.05, 0) is 24.5 Å². The first-order chi connectivity index (χ1) is 22.1. The number of benzene rings is 2. The van der Waals surface area contributed by atoms with Gasteiger partial charge in [0.1, 0.15) is 5.75 Å². The van der Waals surface area contributed by atoms with Crippen LogP contribution in [0, 0.1) is 0 Å². The Balaban J connectivity index is 1.79. The highest BCUT2D eigenvalue weighted by Crippen LogP contribution is 2.46. The van der Waals surface area contributed by atoms with Crippen LogP contribution >= 0.6 is 8.60 Å². The zero-order chi connectivity index (χ0) is 32.3. The van der Waals surface area contributed by atoms with E-state index in [4.69, 9.17) is 13.6 Å². The van der Waals surface area contributed by atoms with E-state index in [2.05, 4.69) is 82.3 Å². The number of hydrogen-bond acceptors (Lipinski definition) is 3. The van der Waals surface area contributed by atoms with E-state index >= 15 is 0 Å². The maximum atomic E-state index is 6.57.